The standard InChI is InChI=1S/C22H18N4O.C6H6N6O/c1-3-20-23-19-11-7-8-16(12-13-17-14-15-25(2)24-17)21(19)22(27)26(20)18-9-5-4-6-10-18;7-4-3(5(8)13)6-10-1-9-2-12(6)11-4/h4-11,14-15H,3H2,1-2H3;1-2H,(H2,7,11)(H2,8,13). The highest BCUT2D eigenvalue weighted by molar-refractivity contribution is 6.03. The molecule has 0 radical (unpaired) electrons. The van der Waals surface area contributed by atoms with Gasteiger partial charge in [-0.05, 0) is 36.3 Å². The summed E-state index contributed by atoms with van der Waals surface area (Å²) < 4.78 is 4.67. The van der Waals surface area contributed by atoms with E-state index in [2.05, 4.69) is 32.0 Å². The number of fused-ring (bicyclic) bond motifs is 2. The van der Waals surface area contributed by atoms with Gasteiger partial charge in [0.15, 0.2) is 11.5 Å². The van der Waals surface area contributed by atoms with Crippen LogP contribution in [0.2, 0.25) is 0 Å². The van der Waals surface area contributed by atoms with Crippen LogP contribution in [0.4, 0.5) is 5.82 Å². The molecule has 0 aliphatic carbocycles. The van der Waals surface area contributed by atoms with E-state index in [9.17, 15) is 9.59 Å². The van der Waals surface area contributed by atoms with Crippen molar-refractivity contribution in [3.05, 3.63) is 106 Å². The molecule has 2 aromatic carbocycles. The Labute approximate surface area is 227 Å². The molecule has 6 aromatic rings. The third-order valence-corrected chi connectivity index (χ3v) is 5.92. The van der Waals surface area contributed by atoms with Crippen LogP contribution < -0.4 is 17.0 Å². The second kappa shape index (κ2) is 10.9. The number of rotatable bonds is 3. The number of nitrogen functional groups attached to an aromatic ring is 1. The molecule has 0 aliphatic rings. The highest BCUT2D eigenvalue weighted by atomic mass is 16.1. The van der Waals surface area contributed by atoms with Gasteiger partial charge in [-0.2, -0.15) is 5.10 Å². The van der Waals surface area contributed by atoms with Gasteiger partial charge in [-0.25, -0.2) is 19.5 Å². The molecule has 12 nitrogen and oxygen atoms in total. The molecule has 0 saturated carbocycles. The number of hydrogen-bond donors (Lipinski definition) is 2. The lowest BCUT2D eigenvalue weighted by molar-refractivity contribution is 0.100. The lowest BCUT2D eigenvalue weighted by atomic mass is 10.1. The van der Waals surface area contributed by atoms with Gasteiger partial charge in [-0.3, -0.25) is 18.8 Å². The third kappa shape index (κ3) is 4.99. The van der Waals surface area contributed by atoms with Crippen molar-refractivity contribution in [1.82, 2.24) is 38.9 Å². The predicted octanol–water partition coefficient (Wildman–Crippen LogP) is 1.89. The van der Waals surface area contributed by atoms with Crippen molar-refractivity contribution in [3.63, 3.8) is 0 Å². The van der Waals surface area contributed by atoms with Crippen molar-refractivity contribution in [2.75, 3.05) is 5.73 Å². The molecular weight excluding hydrogens is 508 g/mol. The first-order valence-corrected chi connectivity index (χ1v) is 12.2. The predicted molar refractivity (Wildman–Crippen MR) is 150 cm³/mol. The minimum absolute atomic E-state index is 0.0630. The van der Waals surface area contributed by atoms with Crippen LogP contribution in [0.15, 0.2) is 78.2 Å². The summed E-state index contributed by atoms with van der Waals surface area (Å²) in [4.78, 5) is 36.6. The van der Waals surface area contributed by atoms with Crippen LogP contribution in [0.1, 0.15) is 34.4 Å². The Morgan fingerprint density at radius 1 is 1.02 bits per heavy atom. The van der Waals surface area contributed by atoms with Crippen molar-refractivity contribution in [1.29, 1.82) is 0 Å². The molecule has 198 valence electrons. The first-order chi connectivity index (χ1) is 19.4. The lowest BCUT2D eigenvalue weighted by Gasteiger charge is -2.13. The summed E-state index contributed by atoms with van der Waals surface area (Å²) in [5, 5.41) is 8.60. The van der Waals surface area contributed by atoms with Gasteiger partial charge < -0.3 is 11.5 Å². The van der Waals surface area contributed by atoms with Gasteiger partial charge in [-0.15, -0.1) is 5.10 Å². The van der Waals surface area contributed by atoms with E-state index < -0.39 is 5.91 Å². The Morgan fingerprint density at radius 3 is 2.52 bits per heavy atom. The molecule has 0 unspecified atom stereocenters. The monoisotopic (exact) mass is 532 g/mol. The van der Waals surface area contributed by atoms with Crippen LogP contribution >= 0.6 is 0 Å². The second-order valence-corrected chi connectivity index (χ2v) is 8.58. The van der Waals surface area contributed by atoms with Gasteiger partial charge in [0.05, 0.1) is 16.6 Å². The summed E-state index contributed by atoms with van der Waals surface area (Å²) in [5.74, 6) is 6.27. The Bertz CT molecular complexity index is 1980. The summed E-state index contributed by atoms with van der Waals surface area (Å²) >= 11 is 0. The topological polar surface area (TPSA) is 165 Å². The molecule has 0 aliphatic heterocycles. The van der Waals surface area contributed by atoms with Gasteiger partial charge in [0.2, 0.25) is 0 Å². The van der Waals surface area contributed by atoms with Crippen molar-refractivity contribution in [3.8, 4) is 17.5 Å². The van der Waals surface area contributed by atoms with Crippen LogP contribution in [0.3, 0.4) is 0 Å². The van der Waals surface area contributed by atoms with Gasteiger partial charge in [-0.1, -0.05) is 37.1 Å². The number of benzene rings is 2. The lowest BCUT2D eigenvalue weighted by Crippen LogP contribution is -2.24. The molecule has 40 heavy (non-hydrogen) atoms. The quantitative estimate of drug-likeness (QED) is 0.326. The minimum Gasteiger partial charge on any atom is -0.381 e. The molecule has 0 spiro atoms. The van der Waals surface area contributed by atoms with E-state index in [4.69, 9.17) is 16.5 Å². The van der Waals surface area contributed by atoms with Crippen LogP contribution in [-0.2, 0) is 13.5 Å². The Hall–Kier alpha value is -5.83. The molecular formula is C28H24N10O2. The molecule has 4 N–H and O–H groups in total. The largest absolute Gasteiger partial charge is 0.381 e. The Morgan fingerprint density at radius 2 is 1.82 bits per heavy atom. The summed E-state index contributed by atoms with van der Waals surface area (Å²) in [5.41, 5.74) is 13.7. The van der Waals surface area contributed by atoms with Crippen molar-refractivity contribution < 1.29 is 4.79 Å². The normalized spacial score (nSPS) is 10.6. The van der Waals surface area contributed by atoms with Crippen LogP contribution in [0.25, 0.3) is 22.2 Å². The number of para-hydroxylation sites is 1. The molecule has 0 atom stereocenters. The number of carbonyl (C=O) groups excluding carboxylic acids is 1. The van der Waals surface area contributed by atoms with Crippen molar-refractivity contribution >= 4 is 28.3 Å². The fourth-order valence-corrected chi connectivity index (χ4v) is 4.14. The smallest absolute Gasteiger partial charge is 0.267 e. The molecule has 0 saturated heterocycles. The zero-order valence-electron chi connectivity index (χ0n) is 21.7. The van der Waals surface area contributed by atoms with Crippen LogP contribution in [0.5, 0.6) is 0 Å². The number of anilines is 1. The van der Waals surface area contributed by atoms with Gasteiger partial charge in [0.25, 0.3) is 11.5 Å². The number of carbonyl (C=O) groups is 1. The molecule has 12 heteroatoms. The van der Waals surface area contributed by atoms with E-state index in [-0.39, 0.29) is 16.9 Å². The van der Waals surface area contributed by atoms with Gasteiger partial charge >= 0.3 is 0 Å². The number of nitrogens with zero attached hydrogens (tertiary/aromatic N) is 8. The van der Waals surface area contributed by atoms with E-state index in [1.165, 1.54) is 17.2 Å². The van der Waals surface area contributed by atoms with Gasteiger partial charge in [0, 0.05) is 25.2 Å². The summed E-state index contributed by atoms with van der Waals surface area (Å²) in [6.45, 7) is 2.00. The SMILES string of the molecule is CCc1nc2cccc(C#Cc3ccn(C)n3)c2c(=O)n1-c1ccccc1.NC(=O)c1c(N)nn2cncnc12. The molecule has 4 aromatic heterocycles. The van der Waals surface area contributed by atoms with Crippen LogP contribution in [-0.4, -0.2) is 44.8 Å². The summed E-state index contributed by atoms with van der Waals surface area (Å²) in [6.07, 6.45) is 5.18. The van der Waals surface area contributed by atoms with Gasteiger partial charge in [0.1, 0.15) is 29.7 Å². The number of primary amides is 1. The highest BCUT2D eigenvalue weighted by Gasteiger charge is 2.16. The van der Waals surface area contributed by atoms with Crippen molar-refractivity contribution in [2.24, 2.45) is 12.8 Å². The number of hydrogen-bond acceptors (Lipinski definition) is 8. The minimum atomic E-state index is -0.647. The summed E-state index contributed by atoms with van der Waals surface area (Å²) in [7, 11) is 1.85. The second-order valence-electron chi connectivity index (χ2n) is 8.58. The maximum Gasteiger partial charge on any atom is 0.267 e. The van der Waals surface area contributed by atoms with Crippen molar-refractivity contribution in [2.45, 2.75) is 13.3 Å². The zero-order chi connectivity index (χ0) is 28.2. The highest BCUT2D eigenvalue weighted by Crippen LogP contribution is 2.17. The average Bonchev–Trinajstić information content (AvgIpc) is 3.53. The third-order valence-electron chi connectivity index (χ3n) is 5.92. The Kier molecular flexibility index (Phi) is 7.02. The first-order valence-electron chi connectivity index (χ1n) is 12.2. The van der Waals surface area contributed by atoms with E-state index in [1.807, 2.05) is 74.8 Å². The van der Waals surface area contributed by atoms with E-state index in [1.54, 1.807) is 9.25 Å². The van der Waals surface area contributed by atoms with E-state index in [0.717, 1.165) is 11.5 Å². The average molecular weight is 533 g/mol. The van der Waals surface area contributed by atoms with E-state index >= 15 is 0 Å². The Balaban J connectivity index is 0.000000207. The molecule has 1 amide bonds. The number of amides is 1. The molecule has 0 bridgehead atoms. The fourth-order valence-electron chi connectivity index (χ4n) is 4.14. The number of aromatic nitrogens is 8. The maximum atomic E-state index is 13.4. The first kappa shape index (κ1) is 25.8. The number of aryl methyl sites for hydroxylation is 2. The van der Waals surface area contributed by atoms with Crippen LogP contribution in [0, 0.1) is 11.8 Å². The molecule has 6 rings (SSSR count). The maximum absolute atomic E-state index is 13.4. The number of nitrogens with two attached hydrogens (primary N) is 2. The molecule has 4 heterocycles. The molecule has 0 fully saturated rings. The fraction of sp³-hybridized carbons (Fsp3) is 0.107. The zero-order valence-corrected chi connectivity index (χ0v) is 21.7. The summed E-state index contributed by atoms with van der Waals surface area (Å²) in [6, 6.07) is 17.0. The van der Waals surface area contributed by atoms with E-state index in [0.29, 0.717) is 34.2 Å².